The Balaban J connectivity index is 2.34. The smallest absolute Gasteiger partial charge is 0.261 e. The van der Waals surface area contributed by atoms with Crippen molar-refractivity contribution in [2.45, 2.75) is 44.0 Å². The second-order valence-corrected chi connectivity index (χ2v) is 5.52. The molecule has 0 N–H and O–H groups in total. The maximum absolute atomic E-state index is 12.8. The Morgan fingerprint density at radius 1 is 1.37 bits per heavy atom. The summed E-state index contributed by atoms with van der Waals surface area (Å²) in [6.45, 7) is 2.14. The van der Waals surface area contributed by atoms with Crippen molar-refractivity contribution in [3.63, 3.8) is 0 Å². The molecule has 3 rings (SSSR count). The van der Waals surface area contributed by atoms with E-state index in [4.69, 9.17) is 11.6 Å². The first-order valence-electron chi connectivity index (χ1n) is 6.79. The fraction of sp³-hybridized carbons (Fsp3) is 0.467. The van der Waals surface area contributed by atoms with Crippen LogP contribution in [-0.2, 0) is 11.4 Å². The molecule has 3 nitrogen and oxygen atoms in total. The standard InChI is InChI=1S/C15H17ClN2O/c1-2-15(8-5-9-15)18-13(10-16)17-12-7-4-3-6-11(12)14(18)19/h3-4,6-7H,2,5,8-10H2,1H3. The molecule has 0 bridgehead atoms. The van der Waals surface area contributed by atoms with Crippen LogP contribution in [0.4, 0.5) is 0 Å². The highest BCUT2D eigenvalue weighted by Gasteiger charge is 2.39. The minimum atomic E-state index is -0.0572. The van der Waals surface area contributed by atoms with Gasteiger partial charge in [0.1, 0.15) is 5.82 Å². The highest BCUT2D eigenvalue weighted by Crippen LogP contribution is 2.42. The van der Waals surface area contributed by atoms with Gasteiger partial charge in [0.2, 0.25) is 0 Å². The summed E-state index contributed by atoms with van der Waals surface area (Å²) in [6.07, 6.45) is 4.23. The number of rotatable bonds is 3. The molecule has 0 unspecified atom stereocenters. The van der Waals surface area contributed by atoms with Crippen molar-refractivity contribution in [2.24, 2.45) is 0 Å². The van der Waals surface area contributed by atoms with Crippen LogP contribution in [0, 0.1) is 0 Å². The van der Waals surface area contributed by atoms with Crippen LogP contribution in [0.1, 0.15) is 38.4 Å². The Morgan fingerprint density at radius 2 is 2.11 bits per heavy atom. The van der Waals surface area contributed by atoms with Crippen LogP contribution in [0.2, 0.25) is 0 Å². The molecule has 0 spiro atoms. The number of benzene rings is 1. The van der Waals surface area contributed by atoms with Gasteiger partial charge >= 0.3 is 0 Å². The number of para-hydroxylation sites is 1. The molecule has 1 heterocycles. The summed E-state index contributed by atoms with van der Waals surface area (Å²) in [4.78, 5) is 17.4. The molecule has 2 aromatic rings. The van der Waals surface area contributed by atoms with E-state index in [1.54, 1.807) is 0 Å². The van der Waals surface area contributed by atoms with Crippen molar-refractivity contribution in [3.05, 3.63) is 40.4 Å². The highest BCUT2D eigenvalue weighted by atomic mass is 35.5. The average Bonchev–Trinajstić information content (AvgIpc) is 2.40. The molecule has 0 saturated heterocycles. The number of alkyl halides is 1. The number of hydrogen-bond donors (Lipinski definition) is 0. The monoisotopic (exact) mass is 276 g/mol. The van der Waals surface area contributed by atoms with E-state index in [9.17, 15) is 4.79 Å². The van der Waals surface area contributed by atoms with Crippen LogP contribution in [0.3, 0.4) is 0 Å². The summed E-state index contributed by atoms with van der Waals surface area (Å²) >= 11 is 6.03. The molecule has 1 aliphatic carbocycles. The molecule has 1 aromatic heterocycles. The SMILES string of the molecule is CCC1(n2c(CCl)nc3ccccc3c2=O)CCC1. The molecule has 100 valence electrons. The summed E-state index contributed by atoms with van der Waals surface area (Å²) in [7, 11) is 0. The highest BCUT2D eigenvalue weighted by molar-refractivity contribution is 6.16. The van der Waals surface area contributed by atoms with Crippen LogP contribution in [0.25, 0.3) is 10.9 Å². The predicted octanol–water partition coefficient (Wildman–Crippen LogP) is 3.42. The van der Waals surface area contributed by atoms with Gasteiger partial charge in [0, 0.05) is 5.54 Å². The lowest BCUT2D eigenvalue weighted by Gasteiger charge is -2.43. The lowest BCUT2D eigenvalue weighted by molar-refractivity contribution is 0.127. The predicted molar refractivity (Wildman–Crippen MR) is 77.7 cm³/mol. The fourth-order valence-electron chi connectivity index (χ4n) is 3.08. The molecule has 0 amide bonds. The van der Waals surface area contributed by atoms with Gasteiger partial charge in [-0.05, 0) is 37.8 Å². The number of fused-ring (bicyclic) bond motifs is 1. The third-order valence-electron chi connectivity index (χ3n) is 4.38. The topological polar surface area (TPSA) is 34.9 Å². The molecule has 19 heavy (non-hydrogen) atoms. The Bertz CT molecular complexity index is 668. The Hall–Kier alpha value is -1.35. The first kappa shape index (κ1) is 12.7. The Kier molecular flexibility index (Phi) is 3.09. The molecule has 0 aliphatic heterocycles. The Labute approximate surface area is 117 Å². The average molecular weight is 277 g/mol. The lowest BCUT2D eigenvalue weighted by Crippen LogP contribution is -2.47. The maximum Gasteiger partial charge on any atom is 0.261 e. The Morgan fingerprint density at radius 3 is 2.68 bits per heavy atom. The molecule has 1 saturated carbocycles. The second kappa shape index (κ2) is 4.64. The first-order valence-corrected chi connectivity index (χ1v) is 7.32. The van der Waals surface area contributed by atoms with Crippen molar-refractivity contribution in [1.29, 1.82) is 0 Å². The molecule has 1 aliphatic rings. The van der Waals surface area contributed by atoms with E-state index in [1.165, 1.54) is 6.42 Å². The zero-order valence-corrected chi connectivity index (χ0v) is 11.8. The molecule has 0 atom stereocenters. The van der Waals surface area contributed by atoms with Crippen molar-refractivity contribution in [1.82, 2.24) is 9.55 Å². The van der Waals surface area contributed by atoms with E-state index < -0.39 is 0 Å². The lowest BCUT2D eigenvalue weighted by atomic mass is 9.74. The van der Waals surface area contributed by atoms with E-state index in [0.29, 0.717) is 11.2 Å². The summed E-state index contributed by atoms with van der Waals surface area (Å²) in [5.41, 5.74) is 0.742. The molecule has 1 aromatic carbocycles. The van der Waals surface area contributed by atoms with E-state index in [-0.39, 0.29) is 17.0 Å². The van der Waals surface area contributed by atoms with Gasteiger partial charge in [0.05, 0.1) is 16.8 Å². The molecule has 4 heteroatoms. The normalized spacial score (nSPS) is 17.4. The van der Waals surface area contributed by atoms with Crippen LogP contribution >= 0.6 is 11.6 Å². The third kappa shape index (κ3) is 1.79. The van der Waals surface area contributed by atoms with Gasteiger partial charge in [0.15, 0.2) is 0 Å². The minimum absolute atomic E-state index is 0.0572. The van der Waals surface area contributed by atoms with Crippen LogP contribution in [0.5, 0.6) is 0 Å². The van der Waals surface area contributed by atoms with E-state index >= 15 is 0 Å². The number of hydrogen-bond acceptors (Lipinski definition) is 2. The van der Waals surface area contributed by atoms with Gasteiger partial charge < -0.3 is 0 Å². The van der Waals surface area contributed by atoms with E-state index in [1.807, 2.05) is 28.8 Å². The van der Waals surface area contributed by atoms with Gasteiger partial charge in [-0.25, -0.2) is 4.98 Å². The third-order valence-corrected chi connectivity index (χ3v) is 4.62. The van der Waals surface area contributed by atoms with Gasteiger partial charge in [-0.1, -0.05) is 19.1 Å². The molecular weight excluding hydrogens is 260 g/mol. The van der Waals surface area contributed by atoms with Gasteiger partial charge in [0.25, 0.3) is 5.56 Å². The van der Waals surface area contributed by atoms with Crippen LogP contribution in [-0.4, -0.2) is 9.55 Å². The molecule has 1 fully saturated rings. The van der Waals surface area contributed by atoms with Crippen molar-refractivity contribution >= 4 is 22.5 Å². The van der Waals surface area contributed by atoms with Crippen molar-refractivity contribution < 1.29 is 0 Å². The van der Waals surface area contributed by atoms with Gasteiger partial charge in [-0.15, -0.1) is 11.6 Å². The van der Waals surface area contributed by atoms with Crippen LogP contribution in [0.15, 0.2) is 29.1 Å². The van der Waals surface area contributed by atoms with Crippen molar-refractivity contribution in [3.8, 4) is 0 Å². The first-order chi connectivity index (χ1) is 9.22. The fourth-order valence-corrected chi connectivity index (χ4v) is 3.26. The summed E-state index contributed by atoms with van der Waals surface area (Å²) in [5, 5.41) is 0.691. The van der Waals surface area contributed by atoms with Gasteiger partial charge in [-0.3, -0.25) is 9.36 Å². The number of halogens is 1. The quantitative estimate of drug-likeness (QED) is 0.805. The molecular formula is C15H17ClN2O. The van der Waals surface area contributed by atoms with Crippen molar-refractivity contribution in [2.75, 3.05) is 0 Å². The maximum atomic E-state index is 12.8. The van der Waals surface area contributed by atoms with Gasteiger partial charge in [-0.2, -0.15) is 0 Å². The number of nitrogens with zero attached hydrogens (tertiary/aromatic N) is 2. The second-order valence-electron chi connectivity index (χ2n) is 5.25. The molecule has 0 radical (unpaired) electrons. The minimum Gasteiger partial charge on any atom is -0.289 e. The zero-order chi connectivity index (χ0) is 13.5. The van der Waals surface area contributed by atoms with E-state index in [2.05, 4.69) is 11.9 Å². The zero-order valence-electron chi connectivity index (χ0n) is 11.0. The summed E-state index contributed by atoms with van der Waals surface area (Å²) in [5.74, 6) is 0.980. The summed E-state index contributed by atoms with van der Waals surface area (Å²) < 4.78 is 1.87. The van der Waals surface area contributed by atoms with Crippen LogP contribution < -0.4 is 5.56 Å². The largest absolute Gasteiger partial charge is 0.289 e. The number of aromatic nitrogens is 2. The van der Waals surface area contributed by atoms with E-state index in [0.717, 1.165) is 24.8 Å². The summed E-state index contributed by atoms with van der Waals surface area (Å²) in [6, 6.07) is 7.50.